The molecule has 8 rings (SSSR count). The summed E-state index contributed by atoms with van der Waals surface area (Å²) < 4.78 is 6.22. The van der Waals surface area contributed by atoms with E-state index in [1.54, 1.807) is 0 Å². The summed E-state index contributed by atoms with van der Waals surface area (Å²) in [5.41, 5.74) is 9.04. The smallest absolute Gasteiger partial charge is 0.164 e. The van der Waals surface area contributed by atoms with Gasteiger partial charge in [-0.25, -0.2) is 15.0 Å². The standard InChI is InChI=1S/C39H25N3O/c1-4-11-26(12-5-1)29-17-10-18-31(23-29)38-40-37(28-15-8-3-9-16-28)41-39(42-38)32-20-22-36-34(25-32)33-24-30(19-21-35(33)43-36)27-13-6-2-7-14-27/h1-25H. The van der Waals surface area contributed by atoms with Crippen LogP contribution in [0.25, 0.3) is 78.4 Å². The van der Waals surface area contributed by atoms with Gasteiger partial charge in [-0.1, -0.05) is 115 Å². The Morgan fingerprint density at radius 1 is 0.302 bits per heavy atom. The minimum Gasteiger partial charge on any atom is -0.456 e. The number of fused-ring (bicyclic) bond motifs is 3. The molecule has 0 aliphatic carbocycles. The van der Waals surface area contributed by atoms with Gasteiger partial charge in [-0.2, -0.15) is 0 Å². The Labute approximate surface area is 249 Å². The maximum absolute atomic E-state index is 6.22. The maximum atomic E-state index is 6.22. The van der Waals surface area contributed by atoms with E-state index in [0.717, 1.165) is 55.3 Å². The Balaban J connectivity index is 1.29. The summed E-state index contributed by atoms with van der Waals surface area (Å²) in [6, 6.07) is 51.7. The van der Waals surface area contributed by atoms with Crippen molar-refractivity contribution in [3.63, 3.8) is 0 Å². The molecule has 0 spiro atoms. The molecule has 4 nitrogen and oxygen atoms in total. The van der Waals surface area contributed by atoms with Crippen LogP contribution in [0.4, 0.5) is 0 Å². The van der Waals surface area contributed by atoms with Crippen LogP contribution in [-0.4, -0.2) is 15.0 Å². The molecule has 0 radical (unpaired) electrons. The van der Waals surface area contributed by atoms with Crippen molar-refractivity contribution in [3.8, 4) is 56.4 Å². The quantitative estimate of drug-likeness (QED) is 0.214. The minimum absolute atomic E-state index is 0.615. The van der Waals surface area contributed by atoms with Crippen LogP contribution in [0.5, 0.6) is 0 Å². The second kappa shape index (κ2) is 10.5. The molecular formula is C39H25N3O. The zero-order valence-electron chi connectivity index (χ0n) is 23.2. The monoisotopic (exact) mass is 551 g/mol. The second-order valence-electron chi connectivity index (χ2n) is 10.5. The van der Waals surface area contributed by atoms with Crippen molar-refractivity contribution in [2.45, 2.75) is 0 Å². The van der Waals surface area contributed by atoms with Gasteiger partial charge < -0.3 is 4.42 Å². The van der Waals surface area contributed by atoms with Gasteiger partial charge in [0, 0.05) is 27.5 Å². The lowest BCUT2D eigenvalue weighted by molar-refractivity contribution is 0.669. The van der Waals surface area contributed by atoms with Crippen LogP contribution in [0.3, 0.4) is 0 Å². The van der Waals surface area contributed by atoms with Crippen molar-refractivity contribution in [1.29, 1.82) is 0 Å². The molecule has 4 heteroatoms. The van der Waals surface area contributed by atoms with Gasteiger partial charge in [0.1, 0.15) is 11.2 Å². The zero-order valence-corrected chi connectivity index (χ0v) is 23.2. The number of hydrogen-bond acceptors (Lipinski definition) is 4. The van der Waals surface area contributed by atoms with E-state index in [-0.39, 0.29) is 0 Å². The fraction of sp³-hybridized carbons (Fsp3) is 0. The van der Waals surface area contributed by atoms with Crippen LogP contribution in [0, 0.1) is 0 Å². The van der Waals surface area contributed by atoms with E-state index < -0.39 is 0 Å². The van der Waals surface area contributed by atoms with Gasteiger partial charge in [-0.3, -0.25) is 0 Å². The Morgan fingerprint density at radius 3 is 1.28 bits per heavy atom. The zero-order chi connectivity index (χ0) is 28.6. The first kappa shape index (κ1) is 24.9. The Bertz CT molecular complexity index is 2220. The summed E-state index contributed by atoms with van der Waals surface area (Å²) in [6.45, 7) is 0. The van der Waals surface area contributed by atoms with Crippen LogP contribution in [0.15, 0.2) is 156 Å². The predicted octanol–water partition coefficient (Wildman–Crippen LogP) is 10.1. The van der Waals surface area contributed by atoms with E-state index in [1.807, 2.05) is 60.7 Å². The van der Waals surface area contributed by atoms with Gasteiger partial charge in [-0.15, -0.1) is 0 Å². The molecule has 0 aliphatic rings. The highest BCUT2D eigenvalue weighted by Gasteiger charge is 2.15. The van der Waals surface area contributed by atoms with E-state index in [2.05, 4.69) is 91.0 Å². The molecule has 0 saturated carbocycles. The predicted molar refractivity (Wildman–Crippen MR) is 174 cm³/mol. The molecule has 0 saturated heterocycles. The number of aromatic nitrogens is 3. The molecular weight excluding hydrogens is 526 g/mol. The van der Waals surface area contributed by atoms with E-state index in [9.17, 15) is 0 Å². The summed E-state index contributed by atoms with van der Waals surface area (Å²) in [5, 5.41) is 2.09. The van der Waals surface area contributed by atoms with Crippen LogP contribution < -0.4 is 0 Å². The molecule has 2 aromatic heterocycles. The van der Waals surface area contributed by atoms with Gasteiger partial charge in [0.2, 0.25) is 0 Å². The molecule has 8 aromatic rings. The molecule has 0 unspecified atom stereocenters. The molecule has 0 N–H and O–H groups in total. The number of hydrogen-bond donors (Lipinski definition) is 0. The van der Waals surface area contributed by atoms with E-state index in [4.69, 9.17) is 19.4 Å². The number of benzene rings is 6. The lowest BCUT2D eigenvalue weighted by atomic mass is 10.0. The van der Waals surface area contributed by atoms with Crippen LogP contribution >= 0.6 is 0 Å². The summed E-state index contributed by atoms with van der Waals surface area (Å²) in [4.78, 5) is 14.9. The molecule has 0 aliphatic heterocycles. The van der Waals surface area contributed by atoms with Crippen molar-refractivity contribution >= 4 is 21.9 Å². The first-order valence-corrected chi connectivity index (χ1v) is 14.3. The average Bonchev–Trinajstić information content (AvgIpc) is 3.46. The Kier molecular flexibility index (Phi) is 6.08. The van der Waals surface area contributed by atoms with Crippen molar-refractivity contribution in [2.24, 2.45) is 0 Å². The van der Waals surface area contributed by atoms with Crippen LogP contribution in [0.2, 0.25) is 0 Å². The highest BCUT2D eigenvalue weighted by atomic mass is 16.3. The van der Waals surface area contributed by atoms with Crippen LogP contribution in [-0.2, 0) is 0 Å². The van der Waals surface area contributed by atoms with Gasteiger partial charge >= 0.3 is 0 Å². The van der Waals surface area contributed by atoms with Crippen molar-refractivity contribution in [1.82, 2.24) is 15.0 Å². The van der Waals surface area contributed by atoms with Crippen molar-refractivity contribution < 1.29 is 4.42 Å². The van der Waals surface area contributed by atoms with Gasteiger partial charge in [0.05, 0.1) is 0 Å². The third kappa shape index (κ3) is 4.75. The molecule has 0 bridgehead atoms. The third-order valence-corrected chi connectivity index (χ3v) is 7.73. The molecule has 6 aromatic carbocycles. The molecule has 0 atom stereocenters. The number of nitrogens with zero attached hydrogens (tertiary/aromatic N) is 3. The lowest BCUT2D eigenvalue weighted by Gasteiger charge is -2.10. The highest BCUT2D eigenvalue weighted by Crippen LogP contribution is 2.35. The Morgan fingerprint density at radius 2 is 0.698 bits per heavy atom. The maximum Gasteiger partial charge on any atom is 0.164 e. The van der Waals surface area contributed by atoms with Crippen molar-refractivity contribution in [2.75, 3.05) is 0 Å². The summed E-state index contributed by atoms with van der Waals surface area (Å²) in [7, 11) is 0. The second-order valence-corrected chi connectivity index (χ2v) is 10.5. The number of rotatable bonds is 5. The molecule has 202 valence electrons. The summed E-state index contributed by atoms with van der Waals surface area (Å²) in [6.07, 6.45) is 0. The summed E-state index contributed by atoms with van der Waals surface area (Å²) >= 11 is 0. The average molecular weight is 552 g/mol. The molecule has 0 fully saturated rings. The SMILES string of the molecule is c1ccc(-c2cccc(-c3nc(-c4ccccc4)nc(-c4ccc5oc6ccc(-c7ccccc7)cc6c5c4)n3)c2)cc1. The van der Waals surface area contributed by atoms with Gasteiger partial charge in [0.15, 0.2) is 17.5 Å². The third-order valence-electron chi connectivity index (χ3n) is 7.73. The van der Waals surface area contributed by atoms with E-state index >= 15 is 0 Å². The Hall–Kier alpha value is -5.87. The topological polar surface area (TPSA) is 51.8 Å². The van der Waals surface area contributed by atoms with Crippen molar-refractivity contribution in [3.05, 3.63) is 152 Å². The summed E-state index contributed by atoms with van der Waals surface area (Å²) in [5.74, 6) is 1.88. The lowest BCUT2D eigenvalue weighted by Crippen LogP contribution is -2.00. The molecule has 2 heterocycles. The van der Waals surface area contributed by atoms with Gasteiger partial charge in [0.25, 0.3) is 0 Å². The molecule has 0 amide bonds. The van der Waals surface area contributed by atoms with Crippen LogP contribution in [0.1, 0.15) is 0 Å². The first-order valence-electron chi connectivity index (χ1n) is 14.3. The fourth-order valence-corrected chi connectivity index (χ4v) is 5.55. The van der Waals surface area contributed by atoms with E-state index in [0.29, 0.717) is 17.5 Å². The molecule has 43 heavy (non-hydrogen) atoms. The first-order chi connectivity index (χ1) is 21.3. The normalized spacial score (nSPS) is 11.3. The fourth-order valence-electron chi connectivity index (χ4n) is 5.55. The minimum atomic E-state index is 0.615. The highest BCUT2D eigenvalue weighted by molar-refractivity contribution is 6.07. The number of furan rings is 1. The largest absolute Gasteiger partial charge is 0.456 e. The van der Waals surface area contributed by atoms with E-state index in [1.165, 1.54) is 5.56 Å². The van der Waals surface area contributed by atoms with Gasteiger partial charge in [-0.05, 0) is 58.7 Å².